The number of hydrogen-bond donors (Lipinski definition) is 3. The molecule has 296 valence electrons. The largest absolute Gasteiger partial charge is 0.392 e. The molecule has 4 aliphatic carbocycles. The lowest BCUT2D eigenvalue weighted by molar-refractivity contribution is -0.145. The van der Waals surface area contributed by atoms with Gasteiger partial charge in [-0.3, -0.25) is 14.6 Å². The van der Waals surface area contributed by atoms with Crippen molar-refractivity contribution >= 4 is 28.2 Å². The number of pyridine rings is 1. The van der Waals surface area contributed by atoms with E-state index in [0.29, 0.717) is 17.9 Å². The molecule has 3 N–H and O–H groups in total. The molecule has 2 aliphatic heterocycles. The van der Waals surface area contributed by atoms with Gasteiger partial charge in [-0.25, -0.2) is 0 Å². The van der Waals surface area contributed by atoms with Gasteiger partial charge in [0.05, 0.1) is 45.7 Å². The Morgan fingerprint density at radius 3 is 2.50 bits per heavy atom. The van der Waals surface area contributed by atoms with Crippen LogP contribution in [0.2, 0.25) is 0 Å². The number of hydrogen-bond acceptors (Lipinski definition) is 6. The fourth-order valence-corrected chi connectivity index (χ4v) is 13.5. The Balaban J connectivity index is 1.18. The molecule has 2 fully saturated rings. The number of ketones is 1. The molecule has 0 unspecified atom stereocenters. The van der Waals surface area contributed by atoms with Gasteiger partial charge in [0.15, 0.2) is 5.78 Å². The normalized spacial score (nSPS) is 36.1. The number of aliphatic hydroxyl groups excluding tert-OH is 2. The molecule has 0 spiro atoms. The molecule has 2 saturated carbocycles. The van der Waals surface area contributed by atoms with E-state index in [1.54, 1.807) is 12.3 Å². The van der Waals surface area contributed by atoms with E-state index in [4.69, 9.17) is 4.74 Å². The molecule has 1 aromatic carbocycles. The molecule has 2 aromatic heterocycles. The predicted molar refractivity (Wildman–Crippen MR) is 219 cm³/mol. The molecule has 4 heterocycles. The molecule has 0 radical (unpaired) electrons. The van der Waals surface area contributed by atoms with Gasteiger partial charge in [0.25, 0.3) is 0 Å². The van der Waals surface area contributed by atoms with Gasteiger partial charge in [-0.1, -0.05) is 45.1 Å². The second-order valence-electron chi connectivity index (χ2n) is 20.5. The van der Waals surface area contributed by atoms with Crippen LogP contribution in [-0.4, -0.2) is 48.8 Å². The zero-order chi connectivity index (χ0) is 40.3. The highest BCUT2D eigenvalue weighted by atomic mass is 16.5. The molecule has 9 rings (SSSR count). The number of fused-ring (bicyclic) bond motifs is 11. The number of ether oxygens (including phenoxy) is 1. The van der Waals surface area contributed by atoms with Crippen molar-refractivity contribution in [1.82, 2.24) is 14.9 Å². The number of amides is 1. The Hall–Kier alpha value is -3.85. The molecular formula is C48H59N3O5. The number of nitrogens with zero attached hydrogens (tertiary/aromatic N) is 2. The number of aromatic nitrogens is 2. The Morgan fingerprint density at radius 1 is 1.09 bits per heavy atom. The summed E-state index contributed by atoms with van der Waals surface area (Å²) in [6.45, 7) is 25.5. The van der Waals surface area contributed by atoms with Crippen molar-refractivity contribution in [2.75, 3.05) is 0 Å². The number of aliphatic hydroxyl groups is 2. The smallest absolute Gasteiger partial charge is 0.244 e. The number of carbonyl (C=O) groups excluding carboxylic acids is 2. The number of carbonyl (C=O) groups is 2. The summed E-state index contributed by atoms with van der Waals surface area (Å²) < 4.78 is 8.89. The van der Waals surface area contributed by atoms with Crippen LogP contribution in [0.4, 0.5) is 0 Å². The third kappa shape index (κ3) is 4.72. The van der Waals surface area contributed by atoms with Gasteiger partial charge >= 0.3 is 0 Å². The summed E-state index contributed by atoms with van der Waals surface area (Å²) in [7, 11) is 0. The van der Waals surface area contributed by atoms with E-state index in [-0.39, 0.29) is 34.4 Å². The topological polar surface area (TPSA) is 114 Å². The molecule has 1 amide bonds. The average molecular weight is 758 g/mol. The summed E-state index contributed by atoms with van der Waals surface area (Å²) in [5.41, 5.74) is 5.45. The number of benzene rings is 1. The van der Waals surface area contributed by atoms with Crippen molar-refractivity contribution in [3.05, 3.63) is 94.5 Å². The number of nitrogens with one attached hydrogen (secondary N) is 1. The Bertz CT molecular complexity index is 2310. The van der Waals surface area contributed by atoms with Crippen LogP contribution in [-0.2, 0) is 26.9 Å². The van der Waals surface area contributed by atoms with E-state index < -0.39 is 40.4 Å². The zero-order valence-electron chi connectivity index (χ0n) is 34.8. The third-order valence-electron chi connectivity index (χ3n) is 15.9. The summed E-state index contributed by atoms with van der Waals surface area (Å²) in [5, 5.41) is 28.4. The third-order valence-corrected chi connectivity index (χ3v) is 15.9. The van der Waals surface area contributed by atoms with Gasteiger partial charge in [-0.15, -0.1) is 0 Å². The quantitative estimate of drug-likeness (QED) is 0.178. The summed E-state index contributed by atoms with van der Waals surface area (Å²) in [4.78, 5) is 33.0. The standard InChI is InChI=1S/C48H59N3O5/c1-25(2)38-41(55)36-35-27(30-24-43(3,4)56-45(7,8)37(30)40(35)54)23-28-29-22-26-15-16-31-46(9,19-18-34(53)50-44(5,6)32-14-12-13-21-49-32)33(52)17-20-47(31,10)48(26,11)42(29)51(38)39(28)36/h12-14,18-19,21,23-24,26,31,33,37-38,40,52,54H,1,15-17,20,22H2,2-11H3,(H,50,53)/b19-18+/t26-,31-,33-,37+,38-,40+,46-,47-,48+/m0/s1. The Labute approximate surface area is 331 Å². The molecular weight excluding hydrogens is 699 g/mol. The number of rotatable bonds is 5. The first-order chi connectivity index (χ1) is 26.1. The van der Waals surface area contributed by atoms with Crippen LogP contribution in [0.1, 0.15) is 146 Å². The summed E-state index contributed by atoms with van der Waals surface area (Å²) in [6.07, 6.45) is 10.3. The first-order valence-electron chi connectivity index (χ1n) is 20.7. The lowest BCUT2D eigenvalue weighted by Gasteiger charge is -2.64. The maximum Gasteiger partial charge on any atom is 0.244 e. The second kappa shape index (κ2) is 11.6. The lowest BCUT2D eigenvalue weighted by Crippen LogP contribution is -2.62. The monoisotopic (exact) mass is 757 g/mol. The van der Waals surface area contributed by atoms with Crippen LogP contribution < -0.4 is 5.32 Å². The fraction of sp³-hybridized carbons (Fsp3) is 0.562. The van der Waals surface area contributed by atoms with Crippen LogP contribution in [0.3, 0.4) is 0 Å². The molecule has 9 atom stereocenters. The van der Waals surface area contributed by atoms with Crippen molar-refractivity contribution < 1.29 is 24.5 Å². The SMILES string of the molecule is C=C(C)[C@H]1C(=O)c2c3c(cc4c5c(n1c24)[C@@]1(C)[C@@H](CC[C@H]2[C@](C)(/C=C/C(=O)NC(C)(C)c4ccccn4)[C@@H](O)CC[C@@]21C)C5)C1=CC(C)(C)OC(C)(C)[C@H]1[C@@H]3O. The van der Waals surface area contributed by atoms with Crippen LogP contribution in [0.25, 0.3) is 16.5 Å². The highest BCUT2D eigenvalue weighted by Crippen LogP contribution is 2.71. The molecule has 6 aliphatic rings. The van der Waals surface area contributed by atoms with Gasteiger partial charge < -0.3 is 24.8 Å². The molecule has 56 heavy (non-hydrogen) atoms. The van der Waals surface area contributed by atoms with Gasteiger partial charge in [-0.05, 0) is 145 Å². The molecule has 8 nitrogen and oxygen atoms in total. The van der Waals surface area contributed by atoms with Crippen molar-refractivity contribution in [2.24, 2.45) is 28.6 Å². The highest BCUT2D eigenvalue weighted by molar-refractivity contribution is 6.18. The van der Waals surface area contributed by atoms with E-state index in [9.17, 15) is 19.8 Å². The van der Waals surface area contributed by atoms with Crippen LogP contribution in [0.15, 0.2) is 60.8 Å². The number of Topliss-reactive ketones (excluding diaryl/α,β-unsaturated/α-hetero) is 1. The van der Waals surface area contributed by atoms with Crippen molar-refractivity contribution in [2.45, 2.75) is 142 Å². The van der Waals surface area contributed by atoms with E-state index in [0.717, 1.165) is 64.6 Å². The average Bonchev–Trinajstić information content (AvgIpc) is 3.78. The predicted octanol–water partition coefficient (Wildman–Crippen LogP) is 8.60. The van der Waals surface area contributed by atoms with Gasteiger partial charge in [0, 0.05) is 39.6 Å². The van der Waals surface area contributed by atoms with E-state index in [2.05, 4.69) is 82.1 Å². The van der Waals surface area contributed by atoms with Crippen LogP contribution in [0, 0.1) is 28.6 Å². The van der Waals surface area contributed by atoms with E-state index in [1.165, 1.54) is 11.3 Å². The minimum absolute atomic E-state index is 0.0180. The maximum absolute atomic E-state index is 15.0. The summed E-state index contributed by atoms with van der Waals surface area (Å²) in [5.74, 6) is -0.0497. The molecule has 3 aromatic rings. The van der Waals surface area contributed by atoms with Gasteiger partial charge in [0.1, 0.15) is 6.04 Å². The zero-order valence-corrected chi connectivity index (χ0v) is 34.8. The maximum atomic E-state index is 15.0. The first-order valence-corrected chi connectivity index (χ1v) is 20.7. The van der Waals surface area contributed by atoms with Crippen LogP contribution >= 0.6 is 0 Å². The molecule has 0 saturated heterocycles. The summed E-state index contributed by atoms with van der Waals surface area (Å²) >= 11 is 0. The Kier molecular flexibility index (Phi) is 7.84. The second-order valence-corrected chi connectivity index (χ2v) is 20.5. The van der Waals surface area contributed by atoms with Crippen molar-refractivity contribution in [3.63, 3.8) is 0 Å². The van der Waals surface area contributed by atoms with Gasteiger partial charge in [-0.2, -0.15) is 0 Å². The Morgan fingerprint density at radius 2 is 1.82 bits per heavy atom. The van der Waals surface area contributed by atoms with Gasteiger partial charge in [0.2, 0.25) is 5.91 Å². The summed E-state index contributed by atoms with van der Waals surface area (Å²) in [6, 6.07) is 7.44. The fourth-order valence-electron chi connectivity index (χ4n) is 13.5. The van der Waals surface area contributed by atoms with Crippen molar-refractivity contribution in [1.29, 1.82) is 0 Å². The van der Waals surface area contributed by atoms with Crippen LogP contribution in [0.5, 0.6) is 0 Å². The minimum Gasteiger partial charge on any atom is -0.392 e. The van der Waals surface area contributed by atoms with Crippen molar-refractivity contribution in [3.8, 4) is 0 Å². The van der Waals surface area contributed by atoms with E-state index in [1.807, 2.05) is 45.0 Å². The lowest BCUT2D eigenvalue weighted by atomic mass is 9.40. The molecule has 8 heteroatoms. The first kappa shape index (κ1) is 37.7. The molecule has 0 bridgehead atoms. The highest BCUT2D eigenvalue weighted by Gasteiger charge is 2.68. The number of allylic oxidation sites excluding steroid dienone is 1. The minimum atomic E-state index is -0.869. The van der Waals surface area contributed by atoms with E-state index >= 15 is 0 Å².